The molecule has 0 aromatic carbocycles. The molecule has 88 valence electrons. The molecule has 0 bridgehead atoms. The van der Waals surface area contributed by atoms with Gasteiger partial charge in [-0.3, -0.25) is 4.79 Å². The molecular formula is C12H22BrNO. The highest BCUT2D eigenvalue weighted by Gasteiger charge is 2.27. The van der Waals surface area contributed by atoms with Gasteiger partial charge < -0.3 is 4.90 Å². The zero-order valence-corrected chi connectivity index (χ0v) is 11.4. The largest absolute Gasteiger partial charge is 0.339 e. The summed E-state index contributed by atoms with van der Waals surface area (Å²) in [4.78, 5) is 14.2. The number of halogens is 1. The van der Waals surface area contributed by atoms with Crippen molar-refractivity contribution in [2.75, 3.05) is 6.54 Å². The third-order valence-electron chi connectivity index (χ3n) is 3.27. The van der Waals surface area contributed by atoms with Gasteiger partial charge in [0.05, 0.1) is 4.83 Å². The second-order valence-corrected chi connectivity index (χ2v) is 5.40. The number of rotatable bonds is 4. The van der Waals surface area contributed by atoms with Gasteiger partial charge in [-0.15, -0.1) is 0 Å². The van der Waals surface area contributed by atoms with Crippen molar-refractivity contribution in [2.45, 2.75) is 63.2 Å². The normalized spacial score (nSPS) is 19.9. The number of amides is 1. The maximum absolute atomic E-state index is 12.1. The molecule has 0 aliphatic heterocycles. The molecule has 3 heteroatoms. The van der Waals surface area contributed by atoms with Gasteiger partial charge >= 0.3 is 0 Å². The van der Waals surface area contributed by atoms with Crippen LogP contribution >= 0.6 is 15.9 Å². The Morgan fingerprint density at radius 3 is 2.40 bits per heavy atom. The van der Waals surface area contributed by atoms with Crippen molar-refractivity contribution < 1.29 is 4.79 Å². The second kappa shape index (κ2) is 6.51. The Kier molecular flexibility index (Phi) is 5.65. The van der Waals surface area contributed by atoms with Crippen LogP contribution in [0.25, 0.3) is 0 Å². The van der Waals surface area contributed by atoms with E-state index in [1.807, 2.05) is 6.92 Å². The average molecular weight is 276 g/mol. The van der Waals surface area contributed by atoms with Gasteiger partial charge in [0.1, 0.15) is 0 Å². The first-order chi connectivity index (χ1) is 7.20. The molecular weight excluding hydrogens is 254 g/mol. The Morgan fingerprint density at radius 1 is 1.33 bits per heavy atom. The zero-order valence-electron chi connectivity index (χ0n) is 9.84. The molecule has 1 saturated carbocycles. The van der Waals surface area contributed by atoms with Crippen LogP contribution in [0.5, 0.6) is 0 Å². The highest BCUT2D eigenvalue weighted by atomic mass is 79.9. The van der Waals surface area contributed by atoms with Gasteiger partial charge in [-0.1, -0.05) is 42.1 Å². The molecule has 0 heterocycles. The molecule has 1 atom stereocenters. The molecule has 1 unspecified atom stereocenters. The smallest absolute Gasteiger partial charge is 0.236 e. The van der Waals surface area contributed by atoms with E-state index in [0.717, 1.165) is 13.0 Å². The summed E-state index contributed by atoms with van der Waals surface area (Å²) in [6.45, 7) is 4.99. The van der Waals surface area contributed by atoms with Crippen molar-refractivity contribution in [2.24, 2.45) is 0 Å². The fourth-order valence-electron chi connectivity index (χ4n) is 2.34. The van der Waals surface area contributed by atoms with Crippen molar-refractivity contribution in [3.8, 4) is 0 Å². The van der Waals surface area contributed by atoms with Crippen molar-refractivity contribution in [3.05, 3.63) is 0 Å². The van der Waals surface area contributed by atoms with Crippen molar-refractivity contribution in [1.82, 2.24) is 4.90 Å². The van der Waals surface area contributed by atoms with Crippen LogP contribution in [0.1, 0.15) is 52.4 Å². The van der Waals surface area contributed by atoms with E-state index in [0.29, 0.717) is 6.04 Å². The number of hydrogen-bond acceptors (Lipinski definition) is 1. The van der Waals surface area contributed by atoms with E-state index in [1.54, 1.807) is 0 Å². The van der Waals surface area contributed by atoms with E-state index < -0.39 is 0 Å². The summed E-state index contributed by atoms with van der Waals surface area (Å²) in [6.07, 6.45) is 7.18. The van der Waals surface area contributed by atoms with E-state index in [4.69, 9.17) is 0 Å². The predicted octanol–water partition coefficient (Wildman–Crippen LogP) is 3.34. The topological polar surface area (TPSA) is 20.3 Å². The van der Waals surface area contributed by atoms with Crippen LogP contribution < -0.4 is 0 Å². The van der Waals surface area contributed by atoms with Crippen LogP contribution in [-0.2, 0) is 4.79 Å². The van der Waals surface area contributed by atoms with Crippen LogP contribution in [0.4, 0.5) is 0 Å². The van der Waals surface area contributed by atoms with Gasteiger partial charge in [-0.2, -0.15) is 0 Å². The molecule has 0 aromatic rings. The van der Waals surface area contributed by atoms with Crippen LogP contribution in [-0.4, -0.2) is 28.2 Å². The molecule has 1 fully saturated rings. The molecule has 0 N–H and O–H groups in total. The van der Waals surface area contributed by atoms with Crippen LogP contribution in [0, 0.1) is 0 Å². The molecule has 1 amide bonds. The number of carbonyl (C=O) groups excluding carboxylic acids is 1. The predicted molar refractivity (Wildman–Crippen MR) is 67.3 cm³/mol. The minimum atomic E-state index is 0.0133. The Hall–Kier alpha value is -0.0500. The number of hydrogen-bond donors (Lipinski definition) is 0. The standard InChI is InChI=1S/C12H22BrNO/c1-3-11(13)12(15)14(4-2)10-8-6-5-7-9-10/h10-11H,3-9H2,1-2H3. The highest BCUT2D eigenvalue weighted by Crippen LogP contribution is 2.24. The number of carbonyl (C=O) groups is 1. The quantitative estimate of drug-likeness (QED) is 0.721. The zero-order chi connectivity index (χ0) is 11.3. The third kappa shape index (κ3) is 3.47. The summed E-state index contributed by atoms with van der Waals surface area (Å²) in [6, 6.07) is 0.503. The molecule has 0 aromatic heterocycles. The molecule has 0 spiro atoms. The van der Waals surface area contributed by atoms with Crippen LogP contribution in [0.2, 0.25) is 0 Å². The molecule has 15 heavy (non-hydrogen) atoms. The molecule has 0 saturated heterocycles. The lowest BCUT2D eigenvalue weighted by Gasteiger charge is -2.34. The number of alkyl halides is 1. The van der Waals surface area contributed by atoms with E-state index >= 15 is 0 Å². The van der Waals surface area contributed by atoms with Crippen molar-refractivity contribution in [3.63, 3.8) is 0 Å². The van der Waals surface area contributed by atoms with Crippen LogP contribution in [0.3, 0.4) is 0 Å². The second-order valence-electron chi connectivity index (χ2n) is 4.29. The summed E-state index contributed by atoms with van der Waals surface area (Å²) >= 11 is 3.46. The van der Waals surface area contributed by atoms with Gasteiger partial charge in [0.15, 0.2) is 0 Å². The Balaban J connectivity index is 2.56. The van der Waals surface area contributed by atoms with E-state index in [9.17, 15) is 4.79 Å². The monoisotopic (exact) mass is 275 g/mol. The summed E-state index contributed by atoms with van der Waals surface area (Å²) in [5.41, 5.74) is 0. The van der Waals surface area contributed by atoms with Gasteiger partial charge in [0.2, 0.25) is 5.91 Å². The Morgan fingerprint density at radius 2 is 1.93 bits per heavy atom. The van der Waals surface area contributed by atoms with E-state index in [1.165, 1.54) is 32.1 Å². The maximum atomic E-state index is 12.1. The molecule has 2 nitrogen and oxygen atoms in total. The fraction of sp³-hybridized carbons (Fsp3) is 0.917. The first-order valence-electron chi connectivity index (χ1n) is 6.15. The Labute approximate surface area is 102 Å². The molecule has 1 aliphatic rings. The van der Waals surface area contributed by atoms with Gasteiger partial charge in [-0.25, -0.2) is 0 Å². The van der Waals surface area contributed by atoms with Gasteiger partial charge in [-0.05, 0) is 26.2 Å². The minimum Gasteiger partial charge on any atom is -0.339 e. The van der Waals surface area contributed by atoms with Crippen molar-refractivity contribution in [1.29, 1.82) is 0 Å². The van der Waals surface area contributed by atoms with Crippen LogP contribution in [0.15, 0.2) is 0 Å². The van der Waals surface area contributed by atoms with Crippen molar-refractivity contribution >= 4 is 21.8 Å². The maximum Gasteiger partial charge on any atom is 0.236 e. The minimum absolute atomic E-state index is 0.0133. The lowest BCUT2D eigenvalue weighted by atomic mass is 9.94. The first kappa shape index (κ1) is 13.0. The average Bonchev–Trinajstić information content (AvgIpc) is 2.30. The lowest BCUT2D eigenvalue weighted by Crippen LogP contribution is -2.44. The summed E-state index contributed by atoms with van der Waals surface area (Å²) in [5.74, 6) is 0.284. The number of nitrogens with zero attached hydrogens (tertiary/aromatic N) is 1. The SMILES string of the molecule is CCC(Br)C(=O)N(CC)C1CCCCC1. The van der Waals surface area contributed by atoms with E-state index in [-0.39, 0.29) is 10.7 Å². The summed E-state index contributed by atoms with van der Waals surface area (Å²) < 4.78 is 0. The van der Waals surface area contributed by atoms with Gasteiger partial charge in [0, 0.05) is 12.6 Å². The lowest BCUT2D eigenvalue weighted by molar-refractivity contribution is -0.133. The van der Waals surface area contributed by atoms with E-state index in [2.05, 4.69) is 27.8 Å². The fourth-order valence-corrected chi connectivity index (χ4v) is 2.60. The highest BCUT2D eigenvalue weighted by molar-refractivity contribution is 9.10. The summed E-state index contributed by atoms with van der Waals surface area (Å²) in [7, 11) is 0. The molecule has 1 aliphatic carbocycles. The molecule has 1 rings (SSSR count). The summed E-state index contributed by atoms with van der Waals surface area (Å²) in [5, 5.41) is 0. The molecule has 0 radical (unpaired) electrons. The Bertz CT molecular complexity index is 202. The van der Waals surface area contributed by atoms with Gasteiger partial charge in [0.25, 0.3) is 0 Å². The third-order valence-corrected chi connectivity index (χ3v) is 4.30. The first-order valence-corrected chi connectivity index (χ1v) is 7.06.